The Morgan fingerprint density at radius 3 is 2.44 bits per heavy atom. The molecule has 2 fully saturated rings. The summed E-state index contributed by atoms with van der Waals surface area (Å²) in [7, 11) is 0. The van der Waals surface area contributed by atoms with Gasteiger partial charge in [0.05, 0.1) is 5.41 Å². The lowest BCUT2D eigenvalue weighted by Crippen LogP contribution is -2.47. The second-order valence-electron chi connectivity index (χ2n) is 6.62. The van der Waals surface area contributed by atoms with Gasteiger partial charge in [0.25, 0.3) is 0 Å². The van der Waals surface area contributed by atoms with Crippen molar-refractivity contribution < 1.29 is 4.79 Å². The standard InChI is InChI=1S/C15H26ClNO/c1-15(2,11-16)14(18)17-10-6-9-13(17)12-7-4-3-5-8-12/h12-13H,3-11H2,1-2H3. The maximum Gasteiger partial charge on any atom is 0.229 e. The molecular formula is C15H26ClNO. The second-order valence-corrected chi connectivity index (χ2v) is 6.89. The summed E-state index contributed by atoms with van der Waals surface area (Å²) < 4.78 is 0. The molecule has 0 radical (unpaired) electrons. The summed E-state index contributed by atoms with van der Waals surface area (Å²) in [6.07, 6.45) is 9.08. The number of amides is 1. The van der Waals surface area contributed by atoms with E-state index in [9.17, 15) is 4.79 Å². The van der Waals surface area contributed by atoms with Gasteiger partial charge in [-0.05, 0) is 45.4 Å². The number of nitrogens with zero attached hydrogens (tertiary/aromatic N) is 1. The Labute approximate surface area is 116 Å². The van der Waals surface area contributed by atoms with Gasteiger partial charge in [0, 0.05) is 18.5 Å². The molecule has 1 aliphatic heterocycles. The van der Waals surface area contributed by atoms with E-state index in [1.165, 1.54) is 44.9 Å². The molecule has 2 rings (SSSR count). The number of hydrogen-bond acceptors (Lipinski definition) is 1. The fourth-order valence-corrected chi connectivity index (χ4v) is 3.61. The number of halogens is 1. The van der Waals surface area contributed by atoms with Gasteiger partial charge in [-0.25, -0.2) is 0 Å². The molecule has 1 saturated carbocycles. The second kappa shape index (κ2) is 5.81. The van der Waals surface area contributed by atoms with Gasteiger partial charge in [-0.2, -0.15) is 0 Å². The number of carbonyl (C=O) groups excluding carboxylic acids is 1. The zero-order chi connectivity index (χ0) is 13.2. The number of alkyl halides is 1. The quantitative estimate of drug-likeness (QED) is 0.715. The van der Waals surface area contributed by atoms with Gasteiger partial charge >= 0.3 is 0 Å². The van der Waals surface area contributed by atoms with Crippen molar-refractivity contribution in [1.82, 2.24) is 4.90 Å². The summed E-state index contributed by atoms with van der Waals surface area (Å²) in [4.78, 5) is 14.7. The first-order valence-electron chi connectivity index (χ1n) is 7.43. The van der Waals surface area contributed by atoms with Crippen LogP contribution in [0.25, 0.3) is 0 Å². The first-order chi connectivity index (χ1) is 8.56. The monoisotopic (exact) mass is 271 g/mol. The Bertz CT molecular complexity index is 297. The van der Waals surface area contributed by atoms with Crippen molar-refractivity contribution in [2.75, 3.05) is 12.4 Å². The number of likely N-dealkylation sites (tertiary alicyclic amines) is 1. The van der Waals surface area contributed by atoms with Crippen molar-refractivity contribution in [3.8, 4) is 0 Å². The van der Waals surface area contributed by atoms with Crippen LogP contribution in [0.1, 0.15) is 58.8 Å². The summed E-state index contributed by atoms with van der Waals surface area (Å²) in [6, 6.07) is 0.500. The van der Waals surface area contributed by atoms with Crippen LogP contribution in [0.3, 0.4) is 0 Å². The minimum absolute atomic E-state index is 0.269. The summed E-state index contributed by atoms with van der Waals surface area (Å²) >= 11 is 5.95. The van der Waals surface area contributed by atoms with Crippen LogP contribution in [0.2, 0.25) is 0 Å². The van der Waals surface area contributed by atoms with Crippen LogP contribution in [0.4, 0.5) is 0 Å². The summed E-state index contributed by atoms with van der Waals surface area (Å²) in [5.41, 5.74) is -0.404. The molecule has 2 nitrogen and oxygen atoms in total. The Balaban J connectivity index is 2.04. The van der Waals surface area contributed by atoms with E-state index in [-0.39, 0.29) is 5.91 Å². The van der Waals surface area contributed by atoms with Crippen LogP contribution in [-0.4, -0.2) is 29.3 Å². The molecule has 0 N–H and O–H groups in total. The summed E-state index contributed by atoms with van der Waals surface area (Å²) in [5, 5.41) is 0. The van der Waals surface area contributed by atoms with Crippen LogP contribution < -0.4 is 0 Å². The smallest absolute Gasteiger partial charge is 0.229 e. The van der Waals surface area contributed by atoms with E-state index in [1.807, 2.05) is 13.8 Å². The lowest BCUT2D eigenvalue weighted by atomic mass is 9.82. The SMILES string of the molecule is CC(C)(CCl)C(=O)N1CCCC1C1CCCCC1. The molecule has 1 atom stereocenters. The van der Waals surface area contributed by atoms with Gasteiger partial charge in [0.2, 0.25) is 5.91 Å². The van der Waals surface area contributed by atoms with E-state index >= 15 is 0 Å². The molecule has 2 aliphatic rings. The summed E-state index contributed by atoms with van der Waals surface area (Å²) in [6.45, 7) is 4.89. The largest absolute Gasteiger partial charge is 0.339 e. The topological polar surface area (TPSA) is 20.3 Å². The van der Waals surface area contributed by atoms with Crippen molar-refractivity contribution in [3.63, 3.8) is 0 Å². The molecule has 0 aromatic heterocycles. The fourth-order valence-electron chi connectivity index (χ4n) is 3.50. The predicted molar refractivity (Wildman–Crippen MR) is 75.8 cm³/mol. The molecule has 0 aromatic carbocycles. The van der Waals surface area contributed by atoms with Crippen LogP contribution in [0.15, 0.2) is 0 Å². The molecule has 1 amide bonds. The lowest BCUT2D eigenvalue weighted by molar-refractivity contribution is -0.141. The van der Waals surface area contributed by atoms with E-state index < -0.39 is 5.41 Å². The van der Waals surface area contributed by atoms with Gasteiger partial charge in [-0.1, -0.05) is 19.3 Å². The summed E-state index contributed by atoms with van der Waals surface area (Å²) in [5.74, 6) is 1.43. The molecule has 0 bridgehead atoms. The van der Waals surface area contributed by atoms with Gasteiger partial charge in [-0.15, -0.1) is 11.6 Å². The Hall–Kier alpha value is -0.240. The van der Waals surface area contributed by atoms with Gasteiger partial charge in [0.1, 0.15) is 0 Å². The van der Waals surface area contributed by atoms with E-state index in [0.29, 0.717) is 11.9 Å². The lowest BCUT2D eigenvalue weighted by Gasteiger charge is -2.37. The van der Waals surface area contributed by atoms with Crippen molar-refractivity contribution in [3.05, 3.63) is 0 Å². The Morgan fingerprint density at radius 1 is 1.17 bits per heavy atom. The normalized spacial score (nSPS) is 26.6. The molecule has 0 aromatic rings. The van der Waals surface area contributed by atoms with E-state index in [4.69, 9.17) is 11.6 Å². The molecule has 104 valence electrons. The highest BCUT2D eigenvalue weighted by molar-refractivity contribution is 6.19. The molecule has 3 heteroatoms. The van der Waals surface area contributed by atoms with Crippen LogP contribution in [-0.2, 0) is 4.79 Å². The average Bonchev–Trinajstić information content (AvgIpc) is 2.87. The van der Waals surface area contributed by atoms with Crippen LogP contribution in [0, 0.1) is 11.3 Å². The molecule has 1 aliphatic carbocycles. The zero-order valence-corrected chi connectivity index (χ0v) is 12.5. The van der Waals surface area contributed by atoms with Gasteiger partial charge in [-0.3, -0.25) is 4.79 Å². The Morgan fingerprint density at radius 2 is 1.83 bits per heavy atom. The average molecular weight is 272 g/mol. The van der Waals surface area contributed by atoms with E-state index in [1.54, 1.807) is 0 Å². The zero-order valence-electron chi connectivity index (χ0n) is 11.8. The van der Waals surface area contributed by atoms with E-state index in [0.717, 1.165) is 12.5 Å². The van der Waals surface area contributed by atoms with Crippen LogP contribution >= 0.6 is 11.6 Å². The maximum atomic E-state index is 12.6. The number of rotatable bonds is 3. The van der Waals surface area contributed by atoms with Crippen LogP contribution in [0.5, 0.6) is 0 Å². The van der Waals surface area contributed by atoms with Crippen molar-refractivity contribution in [2.45, 2.75) is 64.8 Å². The van der Waals surface area contributed by atoms with Crippen molar-refractivity contribution in [1.29, 1.82) is 0 Å². The van der Waals surface area contributed by atoms with Gasteiger partial charge < -0.3 is 4.90 Å². The Kier molecular flexibility index (Phi) is 4.58. The number of hydrogen-bond donors (Lipinski definition) is 0. The molecule has 1 unspecified atom stereocenters. The van der Waals surface area contributed by atoms with Gasteiger partial charge in [0.15, 0.2) is 0 Å². The highest BCUT2D eigenvalue weighted by Crippen LogP contribution is 2.36. The fraction of sp³-hybridized carbons (Fsp3) is 0.933. The highest BCUT2D eigenvalue weighted by atomic mass is 35.5. The van der Waals surface area contributed by atoms with E-state index in [2.05, 4.69) is 4.90 Å². The minimum atomic E-state index is -0.404. The third-order valence-electron chi connectivity index (χ3n) is 4.67. The van der Waals surface area contributed by atoms with Crippen molar-refractivity contribution >= 4 is 17.5 Å². The van der Waals surface area contributed by atoms with Crippen molar-refractivity contribution in [2.24, 2.45) is 11.3 Å². The minimum Gasteiger partial charge on any atom is -0.339 e. The molecule has 18 heavy (non-hydrogen) atoms. The predicted octanol–water partition coefficient (Wildman–Crippen LogP) is 3.82. The maximum absolute atomic E-state index is 12.6. The first kappa shape index (κ1) is 14.2. The molecule has 1 saturated heterocycles. The molecule has 1 heterocycles. The molecule has 0 spiro atoms. The number of carbonyl (C=O) groups is 1. The third kappa shape index (κ3) is 2.84. The third-order valence-corrected chi connectivity index (χ3v) is 5.34. The highest BCUT2D eigenvalue weighted by Gasteiger charge is 2.40. The first-order valence-corrected chi connectivity index (χ1v) is 7.97. The molecular weight excluding hydrogens is 246 g/mol.